The molecule has 448 valence electrons. The van der Waals surface area contributed by atoms with Gasteiger partial charge in [-0.15, -0.1) is 0 Å². The van der Waals surface area contributed by atoms with Crippen molar-refractivity contribution in [2.24, 2.45) is 0 Å². The van der Waals surface area contributed by atoms with Crippen LogP contribution in [0.1, 0.15) is 149 Å². The van der Waals surface area contributed by atoms with Gasteiger partial charge in [0.15, 0.2) is 18.9 Å². The fourth-order valence-corrected chi connectivity index (χ4v) is 9.17. The van der Waals surface area contributed by atoms with Crippen LogP contribution in [0.25, 0.3) is 0 Å². The molecule has 19 heteroatoms. The van der Waals surface area contributed by atoms with E-state index in [2.05, 4.69) is 92.1 Å². The molecule has 17 atom stereocenters. The van der Waals surface area contributed by atoms with E-state index in [1.54, 1.807) is 6.08 Å². The summed E-state index contributed by atoms with van der Waals surface area (Å²) in [7, 11) is 0. The van der Waals surface area contributed by atoms with Crippen LogP contribution in [0.15, 0.2) is 85.1 Å². The summed E-state index contributed by atoms with van der Waals surface area (Å²) in [5.41, 5.74) is 0. The highest BCUT2D eigenvalue weighted by molar-refractivity contribution is 5.76. The lowest BCUT2D eigenvalue weighted by atomic mass is 9.96. The lowest BCUT2D eigenvalue weighted by Gasteiger charge is -2.48. The Morgan fingerprint density at radius 3 is 1.44 bits per heavy atom. The zero-order valence-corrected chi connectivity index (χ0v) is 46.4. The van der Waals surface area contributed by atoms with E-state index in [0.29, 0.717) is 12.8 Å². The third-order valence-corrected chi connectivity index (χ3v) is 13.9. The number of carbonyl (C=O) groups excluding carboxylic acids is 1. The average molecular weight is 1110 g/mol. The zero-order valence-electron chi connectivity index (χ0n) is 46.4. The normalized spacial score (nSPS) is 31.1. The lowest BCUT2D eigenvalue weighted by molar-refractivity contribution is -0.379. The molecule has 0 bridgehead atoms. The molecule has 12 N–H and O–H groups in total. The standard InChI is InChI=1S/C59H99NO18/c1-3-5-7-9-11-13-15-16-17-18-19-20-21-22-23-24-25-26-27-29-31-33-35-37-47(65)60-42(43(64)36-34-32-30-28-14-12-10-8-6-4-2)41-73-57-53(71)50(68)55(45(39-62)75-57)78-59-54(72)51(69)56(46(40-63)76-59)77-58-52(70)49(67)48(66)44(38-61)74-58/h5,7,11,13-14,16-17,19-20,22-23,28,34,36,42-46,48-59,61-64,66-72H,3-4,6,8-10,12,15,18,21,24-27,29-33,35,37-41H2,1-2H3,(H,60,65)/b7-5-,13-11-,17-16-,20-19-,23-22-,28-14+,36-34+. The molecule has 0 saturated carbocycles. The molecule has 78 heavy (non-hydrogen) atoms. The zero-order chi connectivity index (χ0) is 56.9. The number of unbranched alkanes of at least 4 members (excludes halogenated alkanes) is 12. The first-order valence-electron chi connectivity index (χ1n) is 28.8. The Kier molecular flexibility index (Phi) is 37.2. The minimum Gasteiger partial charge on any atom is -0.394 e. The molecule has 3 saturated heterocycles. The smallest absolute Gasteiger partial charge is 0.220 e. The van der Waals surface area contributed by atoms with Crippen LogP contribution in [0.5, 0.6) is 0 Å². The maximum Gasteiger partial charge on any atom is 0.220 e. The second-order valence-corrected chi connectivity index (χ2v) is 20.4. The Bertz CT molecular complexity index is 1750. The van der Waals surface area contributed by atoms with Gasteiger partial charge < -0.3 is 89.9 Å². The van der Waals surface area contributed by atoms with Gasteiger partial charge in [-0.25, -0.2) is 0 Å². The SMILES string of the molecule is CC/C=C\C/C=C\C/C=C\C/C=C\C/C=C\CCCCCCCCCC(=O)NC(COC1OC(CO)C(OC2OC(CO)C(OC3OC(CO)C(O)C(O)C3O)C(O)C2O)C(O)C1O)C(O)/C=C/CC/C=C/CCCCCC. The summed E-state index contributed by atoms with van der Waals surface area (Å²) in [6, 6.07) is -0.999. The van der Waals surface area contributed by atoms with E-state index in [0.717, 1.165) is 96.3 Å². The third kappa shape index (κ3) is 25.8. The number of hydrogen-bond acceptors (Lipinski definition) is 18. The van der Waals surface area contributed by atoms with Crippen LogP contribution in [0, 0.1) is 0 Å². The number of hydrogen-bond donors (Lipinski definition) is 12. The molecule has 0 radical (unpaired) electrons. The topological polar surface area (TPSA) is 307 Å². The van der Waals surface area contributed by atoms with Crippen molar-refractivity contribution in [3.8, 4) is 0 Å². The van der Waals surface area contributed by atoms with Crippen molar-refractivity contribution >= 4 is 5.91 Å². The summed E-state index contributed by atoms with van der Waals surface area (Å²) in [6.07, 6.45) is 23.0. The number of rotatable bonds is 40. The van der Waals surface area contributed by atoms with Gasteiger partial charge in [-0.3, -0.25) is 4.79 Å². The van der Waals surface area contributed by atoms with Crippen LogP contribution in [0.4, 0.5) is 0 Å². The van der Waals surface area contributed by atoms with Gasteiger partial charge in [0.1, 0.15) is 73.2 Å². The second-order valence-electron chi connectivity index (χ2n) is 20.4. The number of amides is 1. The molecule has 3 heterocycles. The lowest BCUT2D eigenvalue weighted by Crippen LogP contribution is -2.66. The first-order valence-corrected chi connectivity index (χ1v) is 28.8. The molecular weight excluding hydrogens is 1010 g/mol. The number of carbonyl (C=O) groups is 1. The Labute approximate surface area is 463 Å². The van der Waals surface area contributed by atoms with Crippen LogP contribution in [0.2, 0.25) is 0 Å². The first-order chi connectivity index (χ1) is 37.8. The van der Waals surface area contributed by atoms with Crippen LogP contribution < -0.4 is 5.32 Å². The molecule has 0 aromatic heterocycles. The van der Waals surface area contributed by atoms with Gasteiger partial charge >= 0.3 is 0 Å². The summed E-state index contributed by atoms with van der Waals surface area (Å²) < 4.78 is 34.1. The van der Waals surface area contributed by atoms with Gasteiger partial charge in [0.05, 0.1) is 38.6 Å². The predicted molar refractivity (Wildman–Crippen MR) is 295 cm³/mol. The molecule has 0 spiro atoms. The number of nitrogens with one attached hydrogen (secondary N) is 1. The monoisotopic (exact) mass is 1110 g/mol. The molecule has 3 rings (SSSR count). The van der Waals surface area contributed by atoms with Gasteiger partial charge in [-0.2, -0.15) is 0 Å². The van der Waals surface area contributed by atoms with Crippen molar-refractivity contribution in [2.75, 3.05) is 26.4 Å². The first kappa shape index (κ1) is 69.2. The molecule has 3 aliphatic rings. The van der Waals surface area contributed by atoms with Crippen molar-refractivity contribution in [3.05, 3.63) is 85.1 Å². The molecule has 17 unspecified atom stereocenters. The minimum atomic E-state index is -1.98. The molecule has 0 aliphatic carbocycles. The van der Waals surface area contributed by atoms with Gasteiger partial charge in [0.25, 0.3) is 0 Å². The van der Waals surface area contributed by atoms with Gasteiger partial charge in [0.2, 0.25) is 5.91 Å². The average Bonchev–Trinajstić information content (AvgIpc) is 3.49. The van der Waals surface area contributed by atoms with Gasteiger partial charge in [-0.1, -0.05) is 150 Å². The second kappa shape index (κ2) is 41.9. The highest BCUT2D eigenvalue weighted by atomic mass is 16.8. The Balaban J connectivity index is 1.48. The van der Waals surface area contributed by atoms with Crippen LogP contribution in [0.3, 0.4) is 0 Å². The maximum atomic E-state index is 13.3. The molecular formula is C59H99NO18. The molecule has 0 aromatic rings. The van der Waals surface area contributed by atoms with Crippen LogP contribution in [-0.4, -0.2) is 193 Å². The summed E-state index contributed by atoms with van der Waals surface area (Å²) in [5.74, 6) is -0.304. The van der Waals surface area contributed by atoms with E-state index in [-0.39, 0.29) is 18.9 Å². The van der Waals surface area contributed by atoms with E-state index < -0.39 is 124 Å². The van der Waals surface area contributed by atoms with E-state index in [1.807, 2.05) is 6.08 Å². The number of ether oxygens (including phenoxy) is 6. The van der Waals surface area contributed by atoms with Crippen molar-refractivity contribution < 1.29 is 89.4 Å². The van der Waals surface area contributed by atoms with Crippen LogP contribution >= 0.6 is 0 Å². The van der Waals surface area contributed by atoms with Gasteiger partial charge in [-0.05, 0) is 77.0 Å². The van der Waals surface area contributed by atoms with E-state index in [1.165, 1.54) is 19.3 Å². The molecule has 3 aliphatic heterocycles. The third-order valence-electron chi connectivity index (χ3n) is 13.9. The highest BCUT2D eigenvalue weighted by Crippen LogP contribution is 2.33. The quantitative estimate of drug-likeness (QED) is 0.0299. The van der Waals surface area contributed by atoms with Gasteiger partial charge in [0, 0.05) is 6.42 Å². The van der Waals surface area contributed by atoms with E-state index in [4.69, 9.17) is 28.4 Å². The van der Waals surface area contributed by atoms with Crippen LogP contribution in [-0.2, 0) is 33.2 Å². The Hall–Kier alpha value is -3.03. The van der Waals surface area contributed by atoms with Crippen molar-refractivity contribution in [2.45, 2.75) is 253 Å². The number of allylic oxidation sites excluding steroid dienone is 13. The van der Waals surface area contributed by atoms with Crippen molar-refractivity contribution in [3.63, 3.8) is 0 Å². The fourth-order valence-electron chi connectivity index (χ4n) is 9.17. The molecule has 3 fully saturated rings. The summed E-state index contributed by atoms with van der Waals surface area (Å²) in [4.78, 5) is 13.3. The maximum absolute atomic E-state index is 13.3. The largest absolute Gasteiger partial charge is 0.394 e. The van der Waals surface area contributed by atoms with Crippen molar-refractivity contribution in [1.29, 1.82) is 0 Å². The minimum absolute atomic E-state index is 0.217. The fraction of sp³-hybridized carbons (Fsp3) is 0.746. The molecule has 19 nitrogen and oxygen atoms in total. The van der Waals surface area contributed by atoms with E-state index in [9.17, 15) is 61.0 Å². The number of aliphatic hydroxyl groups is 11. The summed E-state index contributed by atoms with van der Waals surface area (Å²) in [6.45, 7) is 1.50. The molecule has 0 aromatic carbocycles. The number of aliphatic hydroxyl groups excluding tert-OH is 11. The predicted octanol–water partition coefficient (Wildman–Crippen LogP) is 4.42. The molecule has 1 amide bonds. The Morgan fingerprint density at radius 1 is 0.474 bits per heavy atom. The highest BCUT2D eigenvalue weighted by Gasteiger charge is 2.53. The Morgan fingerprint density at radius 2 is 0.897 bits per heavy atom. The summed E-state index contributed by atoms with van der Waals surface area (Å²) in [5, 5.41) is 120. The van der Waals surface area contributed by atoms with E-state index >= 15 is 0 Å². The van der Waals surface area contributed by atoms with Crippen molar-refractivity contribution in [1.82, 2.24) is 5.32 Å². The summed E-state index contributed by atoms with van der Waals surface area (Å²) >= 11 is 0.